The van der Waals surface area contributed by atoms with Crippen LogP contribution in [-0.4, -0.2) is 0 Å². The fourth-order valence-electron chi connectivity index (χ4n) is 6.07. The van der Waals surface area contributed by atoms with Crippen molar-refractivity contribution in [2.75, 3.05) is 0 Å². The van der Waals surface area contributed by atoms with E-state index in [2.05, 4.69) is 27.7 Å². The first kappa shape index (κ1) is 16.1. The average Bonchev–Trinajstić information content (AvgIpc) is 2.77. The molecule has 0 aromatic heterocycles. The summed E-state index contributed by atoms with van der Waals surface area (Å²) in [7, 11) is 0. The van der Waals surface area contributed by atoms with Crippen molar-refractivity contribution < 1.29 is 0 Å². The maximum atomic E-state index is 2.54. The summed E-state index contributed by atoms with van der Waals surface area (Å²) in [5.41, 5.74) is 0.669. The molecule has 0 nitrogen and oxygen atoms in total. The molecule has 0 aromatic carbocycles. The molecule has 0 heteroatoms. The minimum Gasteiger partial charge on any atom is -0.0776 e. The first-order valence-electron chi connectivity index (χ1n) is 7.54. The summed E-state index contributed by atoms with van der Waals surface area (Å²) in [5.74, 6) is 6.52. The molecule has 6 atom stereocenters. The lowest BCUT2D eigenvalue weighted by Gasteiger charge is -2.40. The van der Waals surface area contributed by atoms with Crippen molar-refractivity contribution in [2.24, 2.45) is 40.9 Å². The second-order valence-corrected chi connectivity index (χ2v) is 7.71. The van der Waals surface area contributed by atoms with E-state index < -0.39 is 0 Å². The molecule has 0 radical (unpaired) electrons. The lowest BCUT2D eigenvalue weighted by molar-refractivity contribution is 0.0798. The van der Waals surface area contributed by atoms with E-state index in [4.69, 9.17) is 0 Å². The molecule has 3 saturated carbocycles. The van der Waals surface area contributed by atoms with Crippen molar-refractivity contribution in [3.05, 3.63) is 0 Å². The van der Waals surface area contributed by atoms with Gasteiger partial charge < -0.3 is 0 Å². The largest absolute Gasteiger partial charge is 0.0776 e. The Hall–Kier alpha value is 0. The first-order valence-corrected chi connectivity index (χ1v) is 7.54. The Bertz CT molecular complexity index is 278. The van der Waals surface area contributed by atoms with Crippen molar-refractivity contribution in [3.63, 3.8) is 0 Å². The van der Waals surface area contributed by atoms with E-state index in [1.54, 1.807) is 12.8 Å². The van der Waals surface area contributed by atoms with Crippen LogP contribution in [0.3, 0.4) is 0 Å². The SMILES string of the molecule is C.C.CCCC1CC(C)C2C3CC(C12)C(C)(C)C3. The highest BCUT2D eigenvalue weighted by Gasteiger charge is 2.61. The molecule has 18 heavy (non-hydrogen) atoms. The van der Waals surface area contributed by atoms with E-state index >= 15 is 0 Å². The van der Waals surface area contributed by atoms with Gasteiger partial charge in [-0.05, 0) is 60.2 Å². The van der Waals surface area contributed by atoms with Crippen LogP contribution in [0.15, 0.2) is 0 Å². The van der Waals surface area contributed by atoms with Crippen molar-refractivity contribution in [1.82, 2.24) is 0 Å². The second-order valence-electron chi connectivity index (χ2n) is 7.71. The van der Waals surface area contributed by atoms with Gasteiger partial charge in [0.25, 0.3) is 0 Å². The molecule has 0 heterocycles. The predicted octanol–water partition coefficient (Wildman–Crippen LogP) is 6.01. The highest BCUT2D eigenvalue weighted by Crippen LogP contribution is 2.68. The van der Waals surface area contributed by atoms with Crippen LogP contribution in [0, 0.1) is 40.9 Å². The Morgan fingerprint density at radius 3 is 2.33 bits per heavy atom. The zero-order valence-corrected chi connectivity index (χ0v) is 11.5. The molecule has 108 valence electrons. The van der Waals surface area contributed by atoms with Gasteiger partial charge in [0.2, 0.25) is 0 Å². The van der Waals surface area contributed by atoms with Crippen LogP contribution in [-0.2, 0) is 0 Å². The van der Waals surface area contributed by atoms with Gasteiger partial charge >= 0.3 is 0 Å². The molecule has 3 fully saturated rings. The molecule has 2 bridgehead atoms. The molecule has 3 aliphatic carbocycles. The maximum absolute atomic E-state index is 2.54. The fourth-order valence-corrected chi connectivity index (χ4v) is 6.07. The van der Waals surface area contributed by atoms with Crippen LogP contribution in [0.1, 0.15) is 74.7 Å². The number of rotatable bonds is 2. The summed E-state index contributed by atoms with van der Waals surface area (Å²) in [6.45, 7) is 10.00. The fraction of sp³-hybridized carbons (Fsp3) is 1.00. The molecule has 0 amide bonds. The topological polar surface area (TPSA) is 0 Å². The Labute approximate surface area is 116 Å². The first-order chi connectivity index (χ1) is 7.54. The smallest absolute Gasteiger partial charge is 0.0319 e. The number of fused-ring (bicyclic) bond motifs is 5. The van der Waals surface area contributed by atoms with Gasteiger partial charge in [0.05, 0.1) is 0 Å². The Morgan fingerprint density at radius 2 is 1.72 bits per heavy atom. The van der Waals surface area contributed by atoms with Gasteiger partial charge in [-0.1, -0.05) is 55.4 Å². The third-order valence-corrected chi connectivity index (χ3v) is 6.34. The lowest BCUT2D eigenvalue weighted by Crippen LogP contribution is -2.34. The van der Waals surface area contributed by atoms with Crippen LogP contribution in [0.4, 0.5) is 0 Å². The van der Waals surface area contributed by atoms with Gasteiger partial charge in [0, 0.05) is 0 Å². The van der Waals surface area contributed by atoms with Crippen LogP contribution < -0.4 is 0 Å². The van der Waals surface area contributed by atoms with Crippen LogP contribution in [0.25, 0.3) is 0 Å². The van der Waals surface area contributed by atoms with E-state index in [0.29, 0.717) is 5.41 Å². The van der Waals surface area contributed by atoms with Gasteiger partial charge in [-0.25, -0.2) is 0 Å². The molecular weight excluding hydrogens is 216 g/mol. The third-order valence-electron chi connectivity index (χ3n) is 6.34. The predicted molar refractivity (Wildman–Crippen MR) is 82.6 cm³/mol. The Balaban J connectivity index is 0.000000810. The molecule has 6 unspecified atom stereocenters. The summed E-state index contributed by atoms with van der Waals surface area (Å²) in [4.78, 5) is 0. The minimum atomic E-state index is 0. The zero-order valence-electron chi connectivity index (χ0n) is 11.5. The van der Waals surface area contributed by atoms with E-state index in [1.165, 1.54) is 19.3 Å². The summed E-state index contributed by atoms with van der Waals surface area (Å²) in [6, 6.07) is 0. The zero-order chi connectivity index (χ0) is 11.5. The summed E-state index contributed by atoms with van der Waals surface area (Å²) in [5, 5.41) is 0. The number of hydrogen-bond donors (Lipinski definition) is 0. The van der Waals surface area contributed by atoms with E-state index in [-0.39, 0.29) is 14.9 Å². The monoisotopic (exact) mass is 252 g/mol. The second kappa shape index (κ2) is 5.17. The van der Waals surface area contributed by atoms with Crippen LogP contribution >= 0.6 is 0 Å². The summed E-state index contributed by atoms with van der Waals surface area (Å²) < 4.78 is 0. The molecule has 0 aromatic rings. The van der Waals surface area contributed by atoms with Crippen molar-refractivity contribution >= 4 is 0 Å². The molecule has 3 rings (SSSR count). The normalized spacial score (nSPS) is 47.3. The maximum Gasteiger partial charge on any atom is -0.0319 e. The number of hydrogen-bond acceptors (Lipinski definition) is 0. The van der Waals surface area contributed by atoms with Crippen molar-refractivity contribution in [2.45, 2.75) is 74.7 Å². The van der Waals surface area contributed by atoms with Crippen molar-refractivity contribution in [1.29, 1.82) is 0 Å². The Morgan fingerprint density at radius 1 is 1.06 bits per heavy atom. The van der Waals surface area contributed by atoms with E-state index in [0.717, 1.165) is 35.5 Å². The van der Waals surface area contributed by atoms with Gasteiger partial charge in [-0.3, -0.25) is 0 Å². The molecule has 0 saturated heterocycles. The van der Waals surface area contributed by atoms with Gasteiger partial charge in [-0.15, -0.1) is 0 Å². The summed E-state index contributed by atoms with van der Waals surface area (Å²) >= 11 is 0. The van der Waals surface area contributed by atoms with Crippen LogP contribution in [0.2, 0.25) is 0 Å². The average molecular weight is 252 g/mol. The third kappa shape index (κ3) is 2.04. The highest BCUT2D eigenvalue weighted by atomic mass is 14.7. The molecule has 0 N–H and O–H groups in total. The van der Waals surface area contributed by atoms with Crippen molar-refractivity contribution in [3.8, 4) is 0 Å². The standard InChI is InChI=1S/C16H28.2CH4/c1-5-6-11-7-10(2)14-12-8-13(15(11)14)16(3,4)9-12;;/h10-15H,5-9H2,1-4H3;2*1H4. The van der Waals surface area contributed by atoms with Gasteiger partial charge in [0.15, 0.2) is 0 Å². The quantitative estimate of drug-likeness (QED) is 0.564. The Kier molecular flexibility index (Phi) is 4.62. The molecule has 0 aliphatic heterocycles. The molecule has 0 spiro atoms. The van der Waals surface area contributed by atoms with Gasteiger partial charge in [-0.2, -0.15) is 0 Å². The van der Waals surface area contributed by atoms with Crippen LogP contribution in [0.5, 0.6) is 0 Å². The van der Waals surface area contributed by atoms with E-state index in [1.807, 2.05) is 0 Å². The molecule has 3 aliphatic rings. The van der Waals surface area contributed by atoms with Gasteiger partial charge in [0.1, 0.15) is 0 Å². The minimum absolute atomic E-state index is 0. The summed E-state index contributed by atoms with van der Waals surface area (Å²) in [6.07, 6.45) is 7.56. The lowest BCUT2D eigenvalue weighted by atomic mass is 9.64. The van der Waals surface area contributed by atoms with E-state index in [9.17, 15) is 0 Å². The highest BCUT2D eigenvalue weighted by molar-refractivity contribution is 5.10. The molecular formula is C18H36.